The zero-order chi connectivity index (χ0) is 22.4. The van der Waals surface area contributed by atoms with E-state index in [0.717, 1.165) is 22.5 Å². The zero-order valence-corrected chi connectivity index (χ0v) is 17.0. The fourth-order valence-corrected chi connectivity index (χ4v) is 4.06. The van der Waals surface area contributed by atoms with Gasteiger partial charge in [0, 0.05) is 19.2 Å². The first-order valence-corrected chi connectivity index (χ1v) is 10.2. The van der Waals surface area contributed by atoms with E-state index in [9.17, 15) is 26.4 Å². The second-order valence-corrected chi connectivity index (χ2v) is 8.01. The molecule has 0 aromatic heterocycles. The number of halogens is 3. The van der Waals surface area contributed by atoms with Crippen molar-refractivity contribution in [1.29, 1.82) is 0 Å². The first kappa shape index (κ1) is 23.4. The second kappa shape index (κ2) is 9.77. The van der Waals surface area contributed by atoms with Gasteiger partial charge in [-0.2, -0.15) is 13.2 Å². The summed E-state index contributed by atoms with van der Waals surface area (Å²) in [6.45, 7) is 3.75. The number of carbonyl (C=O) groups excluding carboxylic acids is 1. The van der Waals surface area contributed by atoms with E-state index in [1.807, 2.05) is 0 Å². The molecule has 162 valence electrons. The third kappa shape index (κ3) is 5.61. The maximum absolute atomic E-state index is 13.2. The summed E-state index contributed by atoms with van der Waals surface area (Å²) in [5.74, 6) is -0.501. The topological polar surface area (TPSA) is 75.7 Å². The van der Waals surface area contributed by atoms with Gasteiger partial charge < -0.3 is 10.1 Å². The van der Waals surface area contributed by atoms with Gasteiger partial charge in [-0.3, -0.25) is 9.10 Å². The minimum atomic E-state index is -4.63. The molecule has 0 spiro atoms. The number of ether oxygens (including phenoxy) is 1. The van der Waals surface area contributed by atoms with Gasteiger partial charge in [-0.1, -0.05) is 18.2 Å². The van der Waals surface area contributed by atoms with E-state index >= 15 is 0 Å². The van der Waals surface area contributed by atoms with Gasteiger partial charge in [-0.25, -0.2) is 8.42 Å². The first-order chi connectivity index (χ1) is 14.1. The summed E-state index contributed by atoms with van der Waals surface area (Å²) in [6.07, 6.45) is -3.36. The maximum atomic E-state index is 13.2. The lowest BCUT2D eigenvalue weighted by atomic mass is 10.2. The summed E-state index contributed by atoms with van der Waals surface area (Å²) in [4.78, 5) is 12.0. The Bertz CT molecular complexity index is 1010. The Morgan fingerprint density at radius 2 is 1.90 bits per heavy atom. The minimum absolute atomic E-state index is 0.0924. The van der Waals surface area contributed by atoms with Crippen LogP contribution in [0.5, 0.6) is 0 Å². The van der Waals surface area contributed by atoms with Crippen LogP contribution in [0.2, 0.25) is 0 Å². The van der Waals surface area contributed by atoms with Crippen molar-refractivity contribution in [2.45, 2.75) is 11.1 Å². The lowest BCUT2D eigenvalue weighted by Crippen LogP contribution is -2.32. The minimum Gasteiger partial charge on any atom is -0.383 e. The van der Waals surface area contributed by atoms with Crippen molar-refractivity contribution in [2.75, 3.05) is 31.1 Å². The van der Waals surface area contributed by atoms with Crippen LogP contribution in [-0.2, 0) is 20.9 Å². The van der Waals surface area contributed by atoms with Crippen LogP contribution >= 0.6 is 0 Å². The van der Waals surface area contributed by atoms with Crippen LogP contribution in [0.1, 0.15) is 15.9 Å². The summed E-state index contributed by atoms with van der Waals surface area (Å²) < 4.78 is 71.2. The quantitative estimate of drug-likeness (QED) is 0.477. The molecule has 0 aliphatic heterocycles. The molecule has 0 saturated carbocycles. The van der Waals surface area contributed by atoms with Crippen molar-refractivity contribution in [3.05, 3.63) is 72.3 Å². The number of alkyl halides is 3. The van der Waals surface area contributed by atoms with Crippen molar-refractivity contribution in [3.8, 4) is 0 Å². The summed E-state index contributed by atoms with van der Waals surface area (Å²) in [5.41, 5.74) is -1.05. The van der Waals surface area contributed by atoms with Gasteiger partial charge in [0.2, 0.25) is 0 Å². The van der Waals surface area contributed by atoms with Crippen LogP contribution in [0.25, 0.3) is 0 Å². The monoisotopic (exact) mass is 442 g/mol. The van der Waals surface area contributed by atoms with Gasteiger partial charge in [-0.05, 0) is 36.4 Å². The average molecular weight is 442 g/mol. The lowest BCUT2D eigenvalue weighted by molar-refractivity contribution is -0.137. The summed E-state index contributed by atoms with van der Waals surface area (Å²) in [6, 6.07) is 9.25. The molecule has 2 aromatic rings. The molecule has 0 heterocycles. The van der Waals surface area contributed by atoms with E-state index in [4.69, 9.17) is 4.74 Å². The normalized spacial score (nSPS) is 11.7. The van der Waals surface area contributed by atoms with Crippen molar-refractivity contribution in [2.24, 2.45) is 0 Å². The number of methoxy groups -OCH3 is 1. The number of hydrogen-bond donors (Lipinski definition) is 1. The number of amides is 1. The second-order valence-electron chi connectivity index (χ2n) is 6.15. The summed E-state index contributed by atoms with van der Waals surface area (Å²) >= 11 is 0. The molecule has 0 unspecified atom stereocenters. The molecule has 0 saturated heterocycles. The molecule has 6 nitrogen and oxygen atoms in total. The van der Waals surface area contributed by atoms with E-state index in [1.54, 1.807) is 0 Å². The number of nitrogens with zero attached hydrogens (tertiary/aromatic N) is 1. The number of anilines is 1. The van der Waals surface area contributed by atoms with Crippen LogP contribution in [-0.4, -0.2) is 41.1 Å². The van der Waals surface area contributed by atoms with Crippen LogP contribution in [0.3, 0.4) is 0 Å². The number of carbonyl (C=O) groups is 1. The zero-order valence-electron chi connectivity index (χ0n) is 16.1. The summed E-state index contributed by atoms with van der Waals surface area (Å²) in [7, 11) is -2.80. The first-order valence-electron chi connectivity index (χ1n) is 8.79. The van der Waals surface area contributed by atoms with Gasteiger partial charge in [-0.15, -0.1) is 6.58 Å². The van der Waals surface area contributed by atoms with Crippen molar-refractivity contribution < 1.29 is 31.1 Å². The van der Waals surface area contributed by atoms with E-state index in [0.29, 0.717) is 0 Å². The summed E-state index contributed by atoms with van der Waals surface area (Å²) in [5, 5.41) is 2.58. The predicted octanol–water partition coefficient (Wildman–Crippen LogP) is 3.46. The third-order valence-corrected chi connectivity index (χ3v) is 5.82. The Hall–Kier alpha value is -2.85. The highest BCUT2D eigenvalue weighted by atomic mass is 32.2. The highest BCUT2D eigenvalue weighted by Crippen LogP contribution is 2.33. The van der Waals surface area contributed by atoms with Crippen molar-refractivity contribution in [1.82, 2.24) is 5.32 Å². The molecular formula is C20H21F3N2O4S. The van der Waals surface area contributed by atoms with Gasteiger partial charge in [0.15, 0.2) is 0 Å². The molecule has 2 rings (SSSR count). The average Bonchev–Trinajstić information content (AvgIpc) is 2.71. The Labute approximate surface area is 173 Å². The van der Waals surface area contributed by atoms with E-state index in [1.165, 1.54) is 43.5 Å². The molecule has 0 fully saturated rings. The third-order valence-electron chi connectivity index (χ3n) is 4.03. The van der Waals surface area contributed by atoms with E-state index in [-0.39, 0.29) is 35.8 Å². The molecule has 0 atom stereocenters. The van der Waals surface area contributed by atoms with Gasteiger partial charge >= 0.3 is 6.18 Å². The molecule has 10 heteroatoms. The number of hydrogen-bond acceptors (Lipinski definition) is 4. The Kier molecular flexibility index (Phi) is 7.63. The number of benzene rings is 2. The Morgan fingerprint density at radius 3 is 2.53 bits per heavy atom. The Balaban J connectivity index is 2.43. The van der Waals surface area contributed by atoms with Gasteiger partial charge in [0.25, 0.3) is 15.9 Å². The molecule has 0 radical (unpaired) electrons. The maximum Gasteiger partial charge on any atom is 0.416 e. The molecule has 30 heavy (non-hydrogen) atoms. The van der Waals surface area contributed by atoms with Crippen LogP contribution in [0.4, 0.5) is 18.9 Å². The van der Waals surface area contributed by atoms with Crippen molar-refractivity contribution >= 4 is 21.6 Å². The largest absolute Gasteiger partial charge is 0.416 e. The molecule has 0 aliphatic rings. The molecule has 1 amide bonds. The van der Waals surface area contributed by atoms with Gasteiger partial charge in [0.1, 0.15) is 0 Å². The highest BCUT2D eigenvalue weighted by molar-refractivity contribution is 7.92. The van der Waals surface area contributed by atoms with Gasteiger partial charge in [0.05, 0.1) is 29.3 Å². The molecular weight excluding hydrogens is 421 g/mol. The Morgan fingerprint density at radius 1 is 1.20 bits per heavy atom. The number of sulfonamides is 1. The molecule has 1 N–H and O–H groups in total. The van der Waals surface area contributed by atoms with E-state index in [2.05, 4.69) is 11.9 Å². The fourth-order valence-electron chi connectivity index (χ4n) is 2.59. The molecule has 0 aliphatic carbocycles. The number of nitrogens with one attached hydrogen (secondary N) is 1. The van der Waals surface area contributed by atoms with E-state index < -0.39 is 27.7 Å². The lowest BCUT2D eigenvalue weighted by Gasteiger charge is -2.24. The highest BCUT2D eigenvalue weighted by Gasteiger charge is 2.32. The molecule has 2 aromatic carbocycles. The molecule has 0 bridgehead atoms. The standard InChI is InChI=1S/C20H21F3N2O4S/c1-3-11-25(17-8-5-7-16(14-17)20(21,22)23)30(27,28)18-9-4-6-15(13-18)19(26)24-10-12-29-2/h3-9,13-14H,1,10-12H2,2H3,(H,24,26). The van der Waals surface area contributed by atoms with Crippen LogP contribution in [0.15, 0.2) is 66.1 Å². The number of rotatable bonds is 9. The fraction of sp³-hybridized carbons (Fsp3) is 0.250. The van der Waals surface area contributed by atoms with Crippen LogP contribution < -0.4 is 9.62 Å². The predicted molar refractivity (Wildman–Crippen MR) is 107 cm³/mol. The smallest absolute Gasteiger partial charge is 0.383 e. The van der Waals surface area contributed by atoms with Crippen molar-refractivity contribution in [3.63, 3.8) is 0 Å². The SMILES string of the molecule is C=CCN(c1cccc(C(F)(F)F)c1)S(=O)(=O)c1cccc(C(=O)NCCOC)c1. The van der Waals surface area contributed by atoms with Crippen LogP contribution in [0, 0.1) is 0 Å².